The molecule has 2 rings (SSSR count). The summed E-state index contributed by atoms with van der Waals surface area (Å²) in [6, 6.07) is 5.91. The van der Waals surface area contributed by atoms with Gasteiger partial charge in [0, 0.05) is 18.6 Å². The van der Waals surface area contributed by atoms with Crippen LogP contribution < -0.4 is 5.32 Å². The number of aryl methyl sites for hydroxylation is 1. The van der Waals surface area contributed by atoms with Gasteiger partial charge in [0.05, 0.1) is 7.11 Å². The Morgan fingerprint density at radius 2 is 2.26 bits per heavy atom. The van der Waals surface area contributed by atoms with Crippen molar-refractivity contribution >= 4 is 66.6 Å². The first-order valence-electron chi connectivity index (χ1n) is 5.29. The maximum absolute atomic E-state index is 11.5. The molecule has 0 aliphatic heterocycles. The number of benzene rings is 1. The van der Waals surface area contributed by atoms with Crippen molar-refractivity contribution in [2.75, 3.05) is 12.4 Å². The van der Waals surface area contributed by atoms with E-state index in [1.54, 1.807) is 0 Å². The molecule has 7 heteroatoms. The van der Waals surface area contributed by atoms with E-state index in [9.17, 15) is 4.79 Å². The van der Waals surface area contributed by atoms with E-state index < -0.39 is 5.97 Å². The maximum atomic E-state index is 11.5. The zero-order valence-corrected chi connectivity index (χ0v) is 14.7. The van der Waals surface area contributed by atoms with E-state index in [0.29, 0.717) is 10.8 Å². The fourth-order valence-electron chi connectivity index (χ4n) is 1.43. The summed E-state index contributed by atoms with van der Waals surface area (Å²) in [5, 5.41) is 3.86. The lowest BCUT2D eigenvalue weighted by Gasteiger charge is -2.04. The van der Waals surface area contributed by atoms with Crippen LogP contribution in [0.5, 0.6) is 0 Å². The SMILES string of the molecule is COC(=O)c1nc(Nc2ccc(Br)c(I)c2)sc1C. The van der Waals surface area contributed by atoms with Crippen molar-refractivity contribution in [3.8, 4) is 0 Å². The van der Waals surface area contributed by atoms with Crippen molar-refractivity contribution in [2.45, 2.75) is 6.92 Å². The number of carbonyl (C=O) groups excluding carboxylic acids is 1. The predicted octanol–water partition coefficient (Wildman–Crippen LogP) is 4.35. The minimum absolute atomic E-state index is 0.363. The van der Waals surface area contributed by atoms with Crippen molar-refractivity contribution in [3.05, 3.63) is 36.8 Å². The number of methoxy groups -OCH3 is 1. The molecule has 0 spiro atoms. The van der Waals surface area contributed by atoms with Gasteiger partial charge in [-0.15, -0.1) is 11.3 Å². The number of nitrogens with zero attached hydrogens (tertiary/aromatic N) is 1. The molecule has 0 bridgehead atoms. The Hall–Kier alpha value is -0.670. The van der Waals surface area contributed by atoms with Crippen LogP contribution in [-0.4, -0.2) is 18.1 Å². The predicted molar refractivity (Wildman–Crippen MR) is 88.3 cm³/mol. The molecule has 0 aliphatic carbocycles. The van der Waals surface area contributed by atoms with Crippen molar-refractivity contribution in [3.63, 3.8) is 0 Å². The van der Waals surface area contributed by atoms with Crippen LogP contribution in [0.4, 0.5) is 10.8 Å². The van der Waals surface area contributed by atoms with Gasteiger partial charge < -0.3 is 10.1 Å². The van der Waals surface area contributed by atoms with E-state index in [2.05, 4.69) is 53.6 Å². The molecule has 0 amide bonds. The Morgan fingerprint density at radius 3 is 2.89 bits per heavy atom. The Bertz CT molecular complexity index is 630. The number of rotatable bonds is 3. The normalized spacial score (nSPS) is 10.3. The molecule has 0 unspecified atom stereocenters. The fraction of sp³-hybridized carbons (Fsp3) is 0.167. The van der Waals surface area contributed by atoms with E-state index in [0.717, 1.165) is 18.6 Å². The van der Waals surface area contributed by atoms with Crippen LogP contribution in [0.15, 0.2) is 22.7 Å². The van der Waals surface area contributed by atoms with Crippen molar-refractivity contribution in [1.82, 2.24) is 4.98 Å². The molecule has 0 fully saturated rings. The van der Waals surface area contributed by atoms with Crippen LogP contribution in [0.1, 0.15) is 15.4 Å². The van der Waals surface area contributed by atoms with Gasteiger partial charge in [-0.2, -0.15) is 0 Å². The number of ether oxygens (including phenoxy) is 1. The van der Waals surface area contributed by atoms with Crippen LogP contribution in [-0.2, 0) is 4.74 Å². The Balaban J connectivity index is 2.24. The minimum atomic E-state index is -0.410. The summed E-state index contributed by atoms with van der Waals surface area (Å²) in [6.45, 7) is 1.85. The van der Waals surface area contributed by atoms with Gasteiger partial charge in [0.2, 0.25) is 0 Å². The standard InChI is InChI=1S/C12H10BrIN2O2S/c1-6-10(11(17)18-2)16-12(19-6)15-7-3-4-8(13)9(14)5-7/h3-5H,1-2H3,(H,15,16). The Labute approximate surface area is 136 Å². The molecule has 19 heavy (non-hydrogen) atoms. The third kappa shape index (κ3) is 3.46. The average Bonchev–Trinajstić information content (AvgIpc) is 2.74. The number of nitrogens with one attached hydrogen (secondary N) is 1. The molecule has 1 aromatic carbocycles. The lowest BCUT2D eigenvalue weighted by Crippen LogP contribution is -2.03. The maximum Gasteiger partial charge on any atom is 0.357 e. The monoisotopic (exact) mass is 452 g/mol. The molecule has 1 N–H and O–H groups in total. The highest BCUT2D eigenvalue weighted by Gasteiger charge is 2.15. The number of carbonyl (C=O) groups is 1. The van der Waals surface area contributed by atoms with E-state index in [1.807, 2.05) is 25.1 Å². The summed E-state index contributed by atoms with van der Waals surface area (Å²) in [4.78, 5) is 16.6. The molecule has 1 aromatic heterocycles. The van der Waals surface area contributed by atoms with Crippen LogP contribution in [0.2, 0.25) is 0 Å². The number of hydrogen-bond acceptors (Lipinski definition) is 5. The third-order valence-electron chi connectivity index (χ3n) is 2.35. The van der Waals surface area contributed by atoms with Crippen LogP contribution in [0, 0.1) is 10.5 Å². The molecule has 4 nitrogen and oxygen atoms in total. The lowest BCUT2D eigenvalue weighted by atomic mass is 10.3. The highest BCUT2D eigenvalue weighted by molar-refractivity contribution is 14.1. The number of anilines is 2. The van der Waals surface area contributed by atoms with Gasteiger partial charge in [-0.3, -0.25) is 0 Å². The zero-order valence-electron chi connectivity index (χ0n) is 10.2. The second-order valence-corrected chi connectivity index (χ2v) is 6.89. The van der Waals surface area contributed by atoms with Gasteiger partial charge in [-0.25, -0.2) is 9.78 Å². The lowest BCUT2D eigenvalue weighted by molar-refractivity contribution is 0.0594. The highest BCUT2D eigenvalue weighted by Crippen LogP contribution is 2.28. The molecule has 2 aromatic rings. The van der Waals surface area contributed by atoms with Gasteiger partial charge in [0.25, 0.3) is 0 Å². The Morgan fingerprint density at radius 1 is 1.53 bits per heavy atom. The molecule has 0 radical (unpaired) electrons. The number of halogens is 2. The third-order valence-corrected chi connectivity index (χ3v) is 5.56. The number of thiazole rings is 1. The minimum Gasteiger partial charge on any atom is -0.464 e. The largest absolute Gasteiger partial charge is 0.464 e. The molecule has 0 saturated carbocycles. The van der Waals surface area contributed by atoms with E-state index in [-0.39, 0.29) is 0 Å². The first kappa shape index (κ1) is 14.7. The molecule has 0 saturated heterocycles. The summed E-state index contributed by atoms with van der Waals surface area (Å²) in [7, 11) is 1.35. The molecular weight excluding hydrogens is 443 g/mol. The highest BCUT2D eigenvalue weighted by atomic mass is 127. The molecule has 0 aliphatic rings. The molecule has 1 heterocycles. The van der Waals surface area contributed by atoms with Gasteiger partial charge >= 0.3 is 5.97 Å². The number of esters is 1. The summed E-state index contributed by atoms with van der Waals surface area (Å²) in [5.74, 6) is -0.410. The summed E-state index contributed by atoms with van der Waals surface area (Å²) in [5.41, 5.74) is 1.29. The van der Waals surface area contributed by atoms with Gasteiger partial charge in [-0.05, 0) is 63.6 Å². The van der Waals surface area contributed by atoms with Gasteiger partial charge in [-0.1, -0.05) is 0 Å². The van der Waals surface area contributed by atoms with Crippen molar-refractivity contribution in [2.24, 2.45) is 0 Å². The molecule has 0 atom stereocenters. The topological polar surface area (TPSA) is 51.2 Å². The Kier molecular flexibility index (Phi) is 4.80. The summed E-state index contributed by atoms with van der Waals surface area (Å²) >= 11 is 7.12. The quantitative estimate of drug-likeness (QED) is 0.555. The molecular formula is C12H10BrIN2O2S. The fourth-order valence-corrected chi connectivity index (χ4v) is 3.02. The van der Waals surface area contributed by atoms with E-state index in [1.165, 1.54) is 18.4 Å². The van der Waals surface area contributed by atoms with Crippen molar-refractivity contribution < 1.29 is 9.53 Å². The number of aromatic nitrogens is 1. The van der Waals surface area contributed by atoms with E-state index in [4.69, 9.17) is 0 Å². The summed E-state index contributed by atoms with van der Waals surface area (Å²) in [6.07, 6.45) is 0. The van der Waals surface area contributed by atoms with Gasteiger partial charge in [0.15, 0.2) is 10.8 Å². The smallest absolute Gasteiger partial charge is 0.357 e. The first-order chi connectivity index (χ1) is 9.01. The van der Waals surface area contributed by atoms with Crippen LogP contribution in [0.3, 0.4) is 0 Å². The van der Waals surface area contributed by atoms with Gasteiger partial charge in [0.1, 0.15) is 0 Å². The van der Waals surface area contributed by atoms with Crippen molar-refractivity contribution in [1.29, 1.82) is 0 Å². The second-order valence-electron chi connectivity index (χ2n) is 3.67. The second kappa shape index (κ2) is 6.19. The number of hydrogen-bond donors (Lipinski definition) is 1. The average molecular weight is 453 g/mol. The summed E-state index contributed by atoms with van der Waals surface area (Å²) < 4.78 is 6.83. The first-order valence-corrected chi connectivity index (χ1v) is 7.98. The molecule has 100 valence electrons. The zero-order chi connectivity index (χ0) is 14.0. The van der Waals surface area contributed by atoms with E-state index >= 15 is 0 Å². The van der Waals surface area contributed by atoms with Crippen LogP contribution in [0.25, 0.3) is 0 Å². The van der Waals surface area contributed by atoms with Crippen LogP contribution >= 0.6 is 49.9 Å².